The van der Waals surface area contributed by atoms with Crippen LogP contribution in [0.25, 0.3) is 0 Å². The molecule has 1 saturated heterocycles. The third-order valence-electron chi connectivity index (χ3n) is 2.75. The van der Waals surface area contributed by atoms with Gasteiger partial charge in [-0.2, -0.15) is 0 Å². The molecule has 0 saturated carbocycles. The molecule has 1 aliphatic rings. The Balaban J connectivity index is 2.57. The Labute approximate surface area is 86.9 Å². The van der Waals surface area contributed by atoms with Crippen molar-refractivity contribution in [3.8, 4) is 0 Å². The van der Waals surface area contributed by atoms with Crippen LogP contribution in [0, 0.1) is 0 Å². The highest BCUT2D eigenvalue weighted by Crippen LogP contribution is 2.25. The van der Waals surface area contributed by atoms with E-state index in [1.54, 1.807) is 13.2 Å². The molecule has 0 radical (unpaired) electrons. The molecule has 0 N–H and O–H groups in total. The maximum atomic E-state index is 11.8. The Morgan fingerprint density at radius 2 is 2.13 bits per heavy atom. The smallest absolute Gasteiger partial charge is 0.330 e. The minimum Gasteiger partial charge on any atom is -0.373 e. The highest BCUT2D eigenvalue weighted by Gasteiger charge is 2.22. The Morgan fingerprint density at radius 3 is 2.73 bits per heavy atom. The fraction of sp³-hybridized carbons (Fsp3) is 0.600. The van der Waals surface area contributed by atoms with E-state index < -0.39 is 0 Å². The van der Waals surface area contributed by atoms with Crippen LogP contribution < -0.4 is 11.2 Å². The van der Waals surface area contributed by atoms with Crippen molar-refractivity contribution in [2.75, 3.05) is 6.61 Å². The lowest BCUT2D eigenvalue weighted by molar-refractivity contribution is 0.109. The second-order valence-corrected chi connectivity index (χ2v) is 3.84. The zero-order chi connectivity index (χ0) is 11.0. The Bertz CT molecular complexity index is 480. The van der Waals surface area contributed by atoms with Crippen LogP contribution in [0.1, 0.15) is 24.5 Å². The van der Waals surface area contributed by atoms with Gasteiger partial charge < -0.3 is 9.30 Å². The third kappa shape index (κ3) is 1.63. The van der Waals surface area contributed by atoms with Crippen LogP contribution in [0.4, 0.5) is 0 Å². The SMILES string of the molecule is Cn1cc(C2CCCO2)c(=O)n(C)c1=O. The summed E-state index contributed by atoms with van der Waals surface area (Å²) in [6.45, 7) is 0.691. The minimum atomic E-state index is -0.304. The van der Waals surface area contributed by atoms with Crippen molar-refractivity contribution in [2.24, 2.45) is 14.1 Å². The van der Waals surface area contributed by atoms with Crippen LogP contribution in [0.5, 0.6) is 0 Å². The first-order valence-electron chi connectivity index (χ1n) is 4.99. The number of hydrogen-bond acceptors (Lipinski definition) is 3. The lowest BCUT2D eigenvalue weighted by Crippen LogP contribution is -2.39. The normalized spacial score (nSPS) is 20.8. The van der Waals surface area contributed by atoms with Crippen molar-refractivity contribution in [3.63, 3.8) is 0 Å². The van der Waals surface area contributed by atoms with Gasteiger partial charge >= 0.3 is 5.69 Å². The van der Waals surface area contributed by atoms with Crippen molar-refractivity contribution in [1.82, 2.24) is 9.13 Å². The summed E-state index contributed by atoms with van der Waals surface area (Å²) in [4.78, 5) is 23.2. The Hall–Kier alpha value is -1.36. The van der Waals surface area contributed by atoms with Crippen LogP contribution in [-0.4, -0.2) is 15.7 Å². The van der Waals surface area contributed by atoms with Gasteiger partial charge in [-0.15, -0.1) is 0 Å². The summed E-state index contributed by atoms with van der Waals surface area (Å²) in [7, 11) is 3.13. The molecule has 5 heteroatoms. The molecule has 0 amide bonds. The molecule has 0 aromatic carbocycles. The summed E-state index contributed by atoms with van der Waals surface area (Å²) in [5.41, 5.74) is 0.0313. The van der Waals surface area contributed by atoms with E-state index in [1.165, 1.54) is 11.6 Å². The molecule has 0 aliphatic carbocycles. The number of aromatic nitrogens is 2. The Kier molecular flexibility index (Phi) is 2.48. The van der Waals surface area contributed by atoms with Gasteiger partial charge in [0.1, 0.15) is 0 Å². The molecule has 5 nitrogen and oxygen atoms in total. The second kappa shape index (κ2) is 3.66. The van der Waals surface area contributed by atoms with Crippen LogP contribution in [0.2, 0.25) is 0 Å². The molecular weight excluding hydrogens is 196 g/mol. The molecule has 1 aromatic heterocycles. The number of aryl methyl sites for hydroxylation is 1. The highest BCUT2D eigenvalue weighted by molar-refractivity contribution is 5.10. The van der Waals surface area contributed by atoms with E-state index in [1.807, 2.05) is 0 Å². The van der Waals surface area contributed by atoms with Crippen molar-refractivity contribution in [3.05, 3.63) is 32.6 Å². The molecule has 2 heterocycles. The largest absolute Gasteiger partial charge is 0.373 e. The number of nitrogens with zero attached hydrogens (tertiary/aromatic N) is 2. The van der Waals surface area contributed by atoms with Gasteiger partial charge in [-0.1, -0.05) is 0 Å². The summed E-state index contributed by atoms with van der Waals surface area (Å²) in [6.07, 6.45) is 3.26. The molecule has 2 rings (SSSR count). The van der Waals surface area contributed by atoms with Crippen LogP contribution >= 0.6 is 0 Å². The van der Waals surface area contributed by atoms with Crippen molar-refractivity contribution in [1.29, 1.82) is 0 Å². The van der Waals surface area contributed by atoms with Gasteiger partial charge in [-0.05, 0) is 12.8 Å². The first-order chi connectivity index (χ1) is 7.11. The van der Waals surface area contributed by atoms with E-state index in [0.29, 0.717) is 12.2 Å². The molecule has 1 aromatic rings. The van der Waals surface area contributed by atoms with Crippen molar-refractivity contribution < 1.29 is 4.74 Å². The van der Waals surface area contributed by atoms with Crippen LogP contribution in [0.3, 0.4) is 0 Å². The summed E-state index contributed by atoms with van der Waals surface area (Å²) in [6, 6.07) is 0. The minimum absolute atomic E-state index is 0.143. The third-order valence-corrected chi connectivity index (χ3v) is 2.75. The Morgan fingerprint density at radius 1 is 1.40 bits per heavy atom. The summed E-state index contributed by atoms with van der Waals surface area (Å²) in [5.74, 6) is 0. The van der Waals surface area contributed by atoms with E-state index in [2.05, 4.69) is 0 Å². The molecule has 1 unspecified atom stereocenters. The average molecular weight is 210 g/mol. The second-order valence-electron chi connectivity index (χ2n) is 3.84. The van der Waals surface area contributed by atoms with E-state index in [0.717, 1.165) is 17.4 Å². The predicted octanol–water partition coefficient (Wildman–Crippen LogP) is -0.0645. The van der Waals surface area contributed by atoms with E-state index in [-0.39, 0.29) is 17.4 Å². The summed E-state index contributed by atoms with van der Waals surface area (Å²) >= 11 is 0. The molecule has 1 fully saturated rings. The van der Waals surface area contributed by atoms with E-state index in [9.17, 15) is 9.59 Å². The van der Waals surface area contributed by atoms with Gasteiger partial charge in [0.2, 0.25) is 0 Å². The van der Waals surface area contributed by atoms with Gasteiger partial charge in [0.15, 0.2) is 0 Å². The lowest BCUT2D eigenvalue weighted by Gasteiger charge is -2.11. The van der Waals surface area contributed by atoms with Crippen LogP contribution in [-0.2, 0) is 18.8 Å². The number of rotatable bonds is 1. The highest BCUT2D eigenvalue weighted by atomic mass is 16.5. The maximum absolute atomic E-state index is 11.8. The van der Waals surface area contributed by atoms with E-state index >= 15 is 0 Å². The van der Waals surface area contributed by atoms with Gasteiger partial charge in [-0.3, -0.25) is 9.36 Å². The van der Waals surface area contributed by atoms with Crippen LogP contribution in [0.15, 0.2) is 15.8 Å². The topological polar surface area (TPSA) is 53.2 Å². The zero-order valence-corrected chi connectivity index (χ0v) is 8.90. The average Bonchev–Trinajstić information content (AvgIpc) is 2.73. The lowest BCUT2D eigenvalue weighted by atomic mass is 10.1. The molecule has 1 aliphatic heterocycles. The summed E-state index contributed by atoms with van der Waals surface area (Å²) in [5, 5.41) is 0. The summed E-state index contributed by atoms with van der Waals surface area (Å²) < 4.78 is 7.98. The monoisotopic (exact) mass is 210 g/mol. The van der Waals surface area contributed by atoms with Gasteiger partial charge in [0.05, 0.1) is 11.7 Å². The van der Waals surface area contributed by atoms with Gasteiger partial charge in [-0.25, -0.2) is 4.79 Å². The first-order valence-corrected chi connectivity index (χ1v) is 4.99. The van der Waals surface area contributed by atoms with Crippen molar-refractivity contribution in [2.45, 2.75) is 18.9 Å². The fourth-order valence-electron chi connectivity index (χ4n) is 1.88. The zero-order valence-electron chi connectivity index (χ0n) is 8.90. The fourth-order valence-corrected chi connectivity index (χ4v) is 1.88. The number of ether oxygens (including phenoxy) is 1. The predicted molar refractivity (Wildman–Crippen MR) is 54.9 cm³/mol. The van der Waals surface area contributed by atoms with E-state index in [4.69, 9.17) is 4.74 Å². The van der Waals surface area contributed by atoms with Gasteiger partial charge in [0.25, 0.3) is 5.56 Å². The molecule has 82 valence electrons. The standard InChI is InChI=1S/C10H14N2O3/c1-11-6-7(8-4-3-5-15-8)9(13)12(2)10(11)14/h6,8H,3-5H2,1-2H3. The first kappa shape index (κ1) is 10.2. The molecule has 0 bridgehead atoms. The number of hydrogen-bond donors (Lipinski definition) is 0. The van der Waals surface area contributed by atoms with Crippen molar-refractivity contribution >= 4 is 0 Å². The quantitative estimate of drug-likeness (QED) is 0.652. The molecule has 1 atom stereocenters. The molecule has 15 heavy (non-hydrogen) atoms. The molecular formula is C10H14N2O3. The van der Waals surface area contributed by atoms with Gasteiger partial charge in [0, 0.05) is 26.9 Å². The molecule has 0 spiro atoms. The maximum Gasteiger partial charge on any atom is 0.330 e.